The first kappa shape index (κ1) is 18.3. The zero-order valence-electron chi connectivity index (χ0n) is 12.7. The number of ether oxygens (including phenoxy) is 2. The number of amides is 1. The molecule has 0 aromatic rings. The quantitative estimate of drug-likeness (QED) is 0.451. The molecule has 0 aromatic heterocycles. The summed E-state index contributed by atoms with van der Waals surface area (Å²) in [5.41, 5.74) is 0. The molecule has 0 bridgehead atoms. The van der Waals surface area contributed by atoms with Crippen LogP contribution >= 0.6 is 0 Å². The van der Waals surface area contributed by atoms with Crippen molar-refractivity contribution in [2.75, 3.05) is 13.2 Å². The maximum Gasteiger partial charge on any atom is 0.220 e. The van der Waals surface area contributed by atoms with Crippen LogP contribution in [0, 0.1) is 0 Å². The molecule has 5 atom stereocenters. The summed E-state index contributed by atoms with van der Waals surface area (Å²) in [5, 5.41) is 32.1. The molecule has 21 heavy (non-hydrogen) atoms. The average Bonchev–Trinajstić information content (AvgIpc) is 2.45. The summed E-state index contributed by atoms with van der Waals surface area (Å²) in [4.78, 5) is 11.6. The van der Waals surface area contributed by atoms with Gasteiger partial charge in [0.2, 0.25) is 5.91 Å². The third-order valence-corrected chi connectivity index (χ3v) is 3.49. The van der Waals surface area contributed by atoms with Crippen molar-refractivity contribution in [3.63, 3.8) is 0 Å². The first-order valence-electron chi connectivity index (χ1n) is 7.58. The Bertz CT molecular complexity index is 314. The molecule has 1 saturated heterocycles. The lowest BCUT2D eigenvalue weighted by atomic mass is 9.96. The van der Waals surface area contributed by atoms with Crippen molar-refractivity contribution in [3.8, 4) is 0 Å². The molecule has 1 heterocycles. The number of carbonyl (C=O) groups is 1. The van der Waals surface area contributed by atoms with Gasteiger partial charge < -0.3 is 30.1 Å². The lowest BCUT2D eigenvalue weighted by Gasteiger charge is -2.42. The monoisotopic (exact) mass is 305 g/mol. The Labute approximate surface area is 125 Å². The Morgan fingerprint density at radius 1 is 1.29 bits per heavy atom. The lowest BCUT2D eigenvalue weighted by Crippen LogP contribution is -2.64. The van der Waals surface area contributed by atoms with Crippen LogP contribution in [0.4, 0.5) is 0 Å². The molecule has 1 rings (SSSR count). The van der Waals surface area contributed by atoms with E-state index in [0.29, 0.717) is 19.4 Å². The van der Waals surface area contributed by atoms with E-state index >= 15 is 0 Å². The number of hydrogen-bond donors (Lipinski definition) is 4. The zero-order chi connectivity index (χ0) is 15.8. The fourth-order valence-corrected chi connectivity index (χ4v) is 2.29. The highest BCUT2D eigenvalue weighted by Crippen LogP contribution is 2.23. The average molecular weight is 305 g/mol. The topological polar surface area (TPSA) is 108 Å². The van der Waals surface area contributed by atoms with Crippen molar-refractivity contribution in [3.05, 3.63) is 0 Å². The van der Waals surface area contributed by atoms with E-state index < -0.39 is 30.6 Å². The van der Waals surface area contributed by atoms with Crippen LogP contribution in [-0.2, 0) is 14.3 Å². The maximum absolute atomic E-state index is 11.6. The standard InChI is InChI=1S/C14H27NO6/c1-3-5-7-20-13-9(8-16)21-14(19)11(12(13)18)15-10(17)6-4-2/h9,11-14,16,18-19H,3-8H2,1-2H3,(H,15,17)/t9-,11-,12-,13-,14?/m1/s1. The Hall–Kier alpha value is -0.730. The van der Waals surface area contributed by atoms with Gasteiger partial charge in [-0.1, -0.05) is 20.3 Å². The van der Waals surface area contributed by atoms with Gasteiger partial charge in [0.15, 0.2) is 6.29 Å². The fraction of sp³-hybridized carbons (Fsp3) is 0.929. The number of carbonyl (C=O) groups excluding carboxylic acids is 1. The third kappa shape index (κ3) is 5.19. The van der Waals surface area contributed by atoms with Gasteiger partial charge in [-0.15, -0.1) is 0 Å². The van der Waals surface area contributed by atoms with Crippen LogP contribution in [-0.4, -0.2) is 65.1 Å². The number of aliphatic hydroxyl groups is 3. The van der Waals surface area contributed by atoms with E-state index in [-0.39, 0.29) is 12.5 Å². The second kappa shape index (κ2) is 9.32. The number of hydrogen-bond acceptors (Lipinski definition) is 6. The van der Waals surface area contributed by atoms with Gasteiger partial charge in [0.25, 0.3) is 0 Å². The van der Waals surface area contributed by atoms with E-state index in [1.165, 1.54) is 0 Å². The van der Waals surface area contributed by atoms with Crippen molar-refractivity contribution >= 4 is 5.91 Å². The molecule has 1 aliphatic heterocycles. The van der Waals surface area contributed by atoms with Crippen molar-refractivity contribution in [2.45, 2.75) is 70.2 Å². The molecule has 7 heteroatoms. The van der Waals surface area contributed by atoms with E-state index in [0.717, 1.165) is 12.8 Å². The summed E-state index contributed by atoms with van der Waals surface area (Å²) in [5.74, 6) is -0.265. The maximum atomic E-state index is 11.6. The van der Waals surface area contributed by atoms with Crippen molar-refractivity contribution in [2.24, 2.45) is 0 Å². The minimum atomic E-state index is -1.37. The Kier molecular flexibility index (Phi) is 8.13. The summed E-state index contributed by atoms with van der Waals surface area (Å²) >= 11 is 0. The molecule has 4 N–H and O–H groups in total. The van der Waals surface area contributed by atoms with Gasteiger partial charge in [-0.3, -0.25) is 4.79 Å². The molecular formula is C14H27NO6. The second-order valence-corrected chi connectivity index (χ2v) is 5.27. The molecule has 7 nitrogen and oxygen atoms in total. The zero-order valence-corrected chi connectivity index (χ0v) is 12.7. The molecule has 1 fully saturated rings. The molecule has 124 valence electrons. The van der Waals surface area contributed by atoms with Gasteiger partial charge in [0.05, 0.1) is 6.61 Å². The predicted octanol–water partition coefficient (Wildman–Crippen LogP) is -0.473. The summed E-state index contributed by atoms with van der Waals surface area (Å²) in [6, 6.07) is -0.960. The third-order valence-electron chi connectivity index (χ3n) is 3.49. The molecule has 1 amide bonds. The predicted molar refractivity (Wildman–Crippen MR) is 75.5 cm³/mol. The van der Waals surface area contributed by atoms with Gasteiger partial charge in [0.1, 0.15) is 24.4 Å². The molecule has 1 unspecified atom stereocenters. The van der Waals surface area contributed by atoms with Crippen molar-refractivity contribution in [1.29, 1.82) is 0 Å². The van der Waals surface area contributed by atoms with E-state index in [2.05, 4.69) is 5.32 Å². The van der Waals surface area contributed by atoms with Gasteiger partial charge in [-0.05, 0) is 12.8 Å². The molecular weight excluding hydrogens is 278 g/mol. The van der Waals surface area contributed by atoms with E-state index in [1.807, 2.05) is 13.8 Å². The van der Waals surface area contributed by atoms with Gasteiger partial charge >= 0.3 is 0 Å². The highest BCUT2D eigenvalue weighted by atomic mass is 16.6. The van der Waals surface area contributed by atoms with E-state index in [9.17, 15) is 20.1 Å². The smallest absolute Gasteiger partial charge is 0.220 e. The Morgan fingerprint density at radius 3 is 2.57 bits per heavy atom. The minimum Gasteiger partial charge on any atom is -0.394 e. The van der Waals surface area contributed by atoms with Crippen molar-refractivity contribution < 1.29 is 29.6 Å². The SMILES string of the molecule is CCCCO[C@H]1[C@H](O)[C@@H](NC(=O)CCC)C(O)O[C@@H]1CO. The molecule has 0 saturated carbocycles. The van der Waals surface area contributed by atoms with Gasteiger partial charge in [-0.25, -0.2) is 0 Å². The largest absolute Gasteiger partial charge is 0.394 e. The van der Waals surface area contributed by atoms with Crippen LogP contribution in [0.25, 0.3) is 0 Å². The minimum absolute atomic E-state index is 0.265. The van der Waals surface area contributed by atoms with Crippen LogP contribution in [0.15, 0.2) is 0 Å². The van der Waals surface area contributed by atoms with Crippen LogP contribution in [0.2, 0.25) is 0 Å². The number of rotatable bonds is 8. The number of nitrogens with one attached hydrogen (secondary N) is 1. The summed E-state index contributed by atoms with van der Waals surface area (Å²) in [7, 11) is 0. The van der Waals surface area contributed by atoms with Crippen LogP contribution in [0.3, 0.4) is 0 Å². The Morgan fingerprint density at radius 2 is 2.00 bits per heavy atom. The number of aliphatic hydroxyl groups excluding tert-OH is 3. The second-order valence-electron chi connectivity index (χ2n) is 5.27. The Balaban J connectivity index is 2.69. The fourth-order valence-electron chi connectivity index (χ4n) is 2.29. The van der Waals surface area contributed by atoms with Crippen molar-refractivity contribution in [1.82, 2.24) is 5.32 Å². The molecule has 1 aliphatic rings. The van der Waals surface area contributed by atoms with Crippen LogP contribution in [0.5, 0.6) is 0 Å². The number of unbranched alkanes of at least 4 members (excludes halogenated alkanes) is 1. The summed E-state index contributed by atoms with van der Waals surface area (Å²) in [6.45, 7) is 3.92. The molecule has 0 aromatic carbocycles. The molecule has 0 aliphatic carbocycles. The van der Waals surface area contributed by atoms with Crippen LogP contribution < -0.4 is 5.32 Å². The highest BCUT2D eigenvalue weighted by molar-refractivity contribution is 5.76. The first-order valence-corrected chi connectivity index (χ1v) is 7.58. The van der Waals surface area contributed by atoms with Crippen LogP contribution in [0.1, 0.15) is 39.5 Å². The van der Waals surface area contributed by atoms with Gasteiger partial charge in [-0.2, -0.15) is 0 Å². The summed E-state index contributed by atoms with van der Waals surface area (Å²) < 4.78 is 10.8. The van der Waals surface area contributed by atoms with Gasteiger partial charge in [0, 0.05) is 13.0 Å². The van der Waals surface area contributed by atoms with E-state index in [1.54, 1.807) is 0 Å². The lowest BCUT2D eigenvalue weighted by molar-refractivity contribution is -0.263. The molecule has 0 spiro atoms. The normalized spacial score (nSPS) is 32.9. The highest BCUT2D eigenvalue weighted by Gasteiger charge is 2.45. The summed E-state index contributed by atoms with van der Waals surface area (Å²) in [6.07, 6.45) is -1.37. The first-order chi connectivity index (χ1) is 10.0. The molecule has 0 radical (unpaired) electrons. The van der Waals surface area contributed by atoms with E-state index in [4.69, 9.17) is 9.47 Å².